The standard InChI is InChI=1S/C13H18N2/c1-3-11(4-2)10-15-13-7-5-12(9-14)6-8-13/h5-8,11,15H,3-4,10H2,1-2H3. The molecular formula is C13H18N2. The van der Waals surface area contributed by atoms with Crippen molar-refractivity contribution in [2.75, 3.05) is 11.9 Å². The summed E-state index contributed by atoms with van der Waals surface area (Å²) in [5, 5.41) is 12.0. The molecule has 0 saturated heterocycles. The highest BCUT2D eigenvalue weighted by Gasteiger charge is 2.02. The predicted octanol–water partition coefficient (Wildman–Crippen LogP) is 3.41. The van der Waals surface area contributed by atoms with E-state index in [9.17, 15) is 0 Å². The summed E-state index contributed by atoms with van der Waals surface area (Å²) in [6.07, 6.45) is 2.42. The first kappa shape index (κ1) is 11.6. The molecule has 0 heterocycles. The van der Waals surface area contributed by atoms with Crippen LogP contribution in [-0.2, 0) is 0 Å². The van der Waals surface area contributed by atoms with E-state index in [0.29, 0.717) is 5.56 Å². The third kappa shape index (κ3) is 3.63. The lowest BCUT2D eigenvalue weighted by Crippen LogP contribution is -2.12. The fraction of sp³-hybridized carbons (Fsp3) is 0.462. The normalized spacial score (nSPS) is 10.0. The van der Waals surface area contributed by atoms with Crippen LogP contribution in [0.4, 0.5) is 5.69 Å². The van der Waals surface area contributed by atoms with Crippen molar-refractivity contribution in [1.29, 1.82) is 5.26 Å². The molecule has 0 aromatic heterocycles. The average Bonchev–Trinajstić information content (AvgIpc) is 2.31. The average molecular weight is 202 g/mol. The van der Waals surface area contributed by atoms with E-state index in [1.54, 1.807) is 0 Å². The Hall–Kier alpha value is -1.49. The molecule has 0 amide bonds. The first-order valence-corrected chi connectivity index (χ1v) is 5.54. The van der Waals surface area contributed by atoms with E-state index in [0.717, 1.165) is 18.2 Å². The zero-order valence-electron chi connectivity index (χ0n) is 9.46. The SMILES string of the molecule is CCC(CC)CNc1ccc(C#N)cc1. The molecule has 15 heavy (non-hydrogen) atoms. The smallest absolute Gasteiger partial charge is 0.0991 e. The van der Waals surface area contributed by atoms with E-state index in [1.807, 2.05) is 24.3 Å². The Balaban J connectivity index is 2.48. The highest BCUT2D eigenvalue weighted by atomic mass is 14.9. The highest BCUT2D eigenvalue weighted by molar-refractivity contribution is 5.47. The fourth-order valence-corrected chi connectivity index (χ4v) is 1.50. The van der Waals surface area contributed by atoms with Crippen molar-refractivity contribution in [2.45, 2.75) is 26.7 Å². The molecule has 1 N–H and O–H groups in total. The van der Waals surface area contributed by atoms with Crippen molar-refractivity contribution in [2.24, 2.45) is 5.92 Å². The van der Waals surface area contributed by atoms with Gasteiger partial charge in [0.25, 0.3) is 0 Å². The second kappa shape index (κ2) is 6.08. The summed E-state index contributed by atoms with van der Waals surface area (Å²) < 4.78 is 0. The van der Waals surface area contributed by atoms with Gasteiger partial charge in [0.1, 0.15) is 0 Å². The minimum absolute atomic E-state index is 0.711. The maximum Gasteiger partial charge on any atom is 0.0991 e. The molecule has 2 heteroatoms. The summed E-state index contributed by atoms with van der Waals surface area (Å²) >= 11 is 0. The Kier molecular flexibility index (Phi) is 4.70. The van der Waals surface area contributed by atoms with Crippen LogP contribution in [0, 0.1) is 17.2 Å². The van der Waals surface area contributed by atoms with Gasteiger partial charge in [-0.05, 0) is 30.2 Å². The van der Waals surface area contributed by atoms with Crippen molar-refractivity contribution in [3.8, 4) is 6.07 Å². The van der Waals surface area contributed by atoms with E-state index in [-0.39, 0.29) is 0 Å². The van der Waals surface area contributed by atoms with E-state index in [1.165, 1.54) is 12.8 Å². The molecule has 0 unspecified atom stereocenters. The third-order valence-electron chi connectivity index (χ3n) is 2.76. The van der Waals surface area contributed by atoms with Crippen LogP contribution in [0.25, 0.3) is 0 Å². The molecule has 0 aliphatic rings. The second-order valence-electron chi connectivity index (χ2n) is 3.75. The zero-order chi connectivity index (χ0) is 11.1. The van der Waals surface area contributed by atoms with Gasteiger partial charge in [-0.1, -0.05) is 26.7 Å². The van der Waals surface area contributed by atoms with Crippen molar-refractivity contribution < 1.29 is 0 Å². The number of hydrogen-bond acceptors (Lipinski definition) is 2. The van der Waals surface area contributed by atoms with Gasteiger partial charge in [0.2, 0.25) is 0 Å². The molecule has 0 spiro atoms. The molecule has 0 radical (unpaired) electrons. The van der Waals surface area contributed by atoms with Crippen LogP contribution in [0.2, 0.25) is 0 Å². The van der Waals surface area contributed by atoms with Crippen LogP contribution in [-0.4, -0.2) is 6.54 Å². The van der Waals surface area contributed by atoms with Crippen LogP contribution in [0.3, 0.4) is 0 Å². The minimum atomic E-state index is 0.711. The molecule has 1 aromatic rings. The first-order valence-electron chi connectivity index (χ1n) is 5.54. The first-order chi connectivity index (χ1) is 7.30. The van der Waals surface area contributed by atoms with Crippen LogP contribution in [0.1, 0.15) is 32.3 Å². The Morgan fingerprint density at radius 2 is 1.80 bits per heavy atom. The Labute approximate surface area is 91.9 Å². The van der Waals surface area contributed by atoms with Crippen molar-refractivity contribution in [3.63, 3.8) is 0 Å². The van der Waals surface area contributed by atoms with Crippen LogP contribution < -0.4 is 5.32 Å². The lowest BCUT2D eigenvalue weighted by Gasteiger charge is -2.14. The number of anilines is 1. The van der Waals surface area contributed by atoms with Crippen LogP contribution in [0.15, 0.2) is 24.3 Å². The molecule has 0 aliphatic carbocycles. The highest BCUT2D eigenvalue weighted by Crippen LogP contribution is 2.12. The van der Waals surface area contributed by atoms with Gasteiger partial charge in [0, 0.05) is 12.2 Å². The molecular weight excluding hydrogens is 184 g/mol. The maximum atomic E-state index is 8.65. The molecule has 0 saturated carbocycles. The van der Waals surface area contributed by atoms with Crippen molar-refractivity contribution in [1.82, 2.24) is 0 Å². The summed E-state index contributed by atoms with van der Waals surface area (Å²) in [6, 6.07) is 9.72. The van der Waals surface area contributed by atoms with Gasteiger partial charge in [-0.25, -0.2) is 0 Å². The molecule has 0 bridgehead atoms. The topological polar surface area (TPSA) is 35.8 Å². The van der Waals surface area contributed by atoms with Gasteiger partial charge in [-0.3, -0.25) is 0 Å². The molecule has 1 rings (SSSR count). The maximum absolute atomic E-state index is 8.65. The number of nitrogens with zero attached hydrogens (tertiary/aromatic N) is 1. The van der Waals surface area contributed by atoms with Crippen molar-refractivity contribution >= 4 is 5.69 Å². The molecule has 0 atom stereocenters. The predicted molar refractivity (Wildman–Crippen MR) is 63.7 cm³/mol. The zero-order valence-corrected chi connectivity index (χ0v) is 9.46. The van der Waals surface area contributed by atoms with Crippen LogP contribution in [0.5, 0.6) is 0 Å². The van der Waals surface area contributed by atoms with Gasteiger partial charge in [-0.15, -0.1) is 0 Å². The number of nitrogens with one attached hydrogen (secondary N) is 1. The largest absolute Gasteiger partial charge is 0.385 e. The van der Waals surface area contributed by atoms with E-state index in [2.05, 4.69) is 25.2 Å². The Morgan fingerprint density at radius 1 is 1.20 bits per heavy atom. The Bertz CT molecular complexity index is 317. The molecule has 0 aliphatic heterocycles. The van der Waals surface area contributed by atoms with Crippen LogP contribution >= 0.6 is 0 Å². The second-order valence-corrected chi connectivity index (χ2v) is 3.75. The lowest BCUT2D eigenvalue weighted by atomic mass is 10.0. The fourth-order valence-electron chi connectivity index (χ4n) is 1.50. The number of rotatable bonds is 5. The molecule has 0 fully saturated rings. The number of benzene rings is 1. The van der Waals surface area contributed by atoms with E-state index in [4.69, 9.17) is 5.26 Å². The summed E-state index contributed by atoms with van der Waals surface area (Å²) in [6.45, 7) is 5.45. The quantitative estimate of drug-likeness (QED) is 0.794. The summed E-state index contributed by atoms with van der Waals surface area (Å²) in [4.78, 5) is 0. The number of hydrogen-bond donors (Lipinski definition) is 1. The van der Waals surface area contributed by atoms with E-state index < -0.39 is 0 Å². The molecule has 2 nitrogen and oxygen atoms in total. The third-order valence-corrected chi connectivity index (χ3v) is 2.76. The summed E-state index contributed by atoms with van der Waals surface area (Å²) in [7, 11) is 0. The van der Waals surface area contributed by atoms with Gasteiger partial charge >= 0.3 is 0 Å². The van der Waals surface area contributed by atoms with Crippen molar-refractivity contribution in [3.05, 3.63) is 29.8 Å². The van der Waals surface area contributed by atoms with Gasteiger partial charge in [-0.2, -0.15) is 5.26 Å². The summed E-state index contributed by atoms with van der Waals surface area (Å²) in [5.74, 6) is 0.737. The Morgan fingerprint density at radius 3 is 2.27 bits per heavy atom. The lowest BCUT2D eigenvalue weighted by molar-refractivity contribution is 0.519. The minimum Gasteiger partial charge on any atom is -0.385 e. The molecule has 80 valence electrons. The molecule has 1 aromatic carbocycles. The van der Waals surface area contributed by atoms with Gasteiger partial charge < -0.3 is 5.32 Å². The monoisotopic (exact) mass is 202 g/mol. The van der Waals surface area contributed by atoms with E-state index >= 15 is 0 Å². The van der Waals surface area contributed by atoms with Gasteiger partial charge in [0.05, 0.1) is 11.6 Å². The van der Waals surface area contributed by atoms with Gasteiger partial charge in [0.15, 0.2) is 0 Å². The number of nitriles is 1. The summed E-state index contributed by atoms with van der Waals surface area (Å²) in [5.41, 5.74) is 1.81.